The van der Waals surface area contributed by atoms with E-state index in [0.717, 1.165) is 30.0 Å². The third-order valence-corrected chi connectivity index (χ3v) is 6.38. The lowest BCUT2D eigenvalue weighted by molar-refractivity contribution is -0.119. The number of amides is 1. The maximum absolute atomic E-state index is 12.6. The predicted octanol–water partition coefficient (Wildman–Crippen LogP) is 2.50. The van der Waals surface area contributed by atoms with E-state index in [-0.39, 0.29) is 27.2 Å². The first kappa shape index (κ1) is 14.5. The van der Waals surface area contributed by atoms with Crippen LogP contribution in [0.1, 0.15) is 25.7 Å². The number of ketones is 1. The molecule has 3 rings (SSSR count). The standard InChI is InChI=1S/C16H19NO3S/c18-14-9-8-13(17(14)12-6-2-1-3-7-12)15(19)16(20)21-10-4-5-11-21/h1-3,6-7,13,20H,4-5,8-11H2. The summed E-state index contributed by atoms with van der Waals surface area (Å²) < 4.78 is 0. The molecule has 0 radical (unpaired) electrons. The number of carbonyl (C=O) groups is 2. The topological polar surface area (TPSA) is 57.6 Å². The number of para-hydroxylation sites is 1. The molecule has 1 atom stereocenters. The fourth-order valence-corrected chi connectivity index (χ4v) is 5.09. The molecule has 0 bridgehead atoms. The first-order chi connectivity index (χ1) is 10.2. The fourth-order valence-electron chi connectivity index (χ4n) is 2.98. The van der Waals surface area contributed by atoms with Crippen LogP contribution in [0.2, 0.25) is 0 Å². The van der Waals surface area contributed by atoms with E-state index in [1.807, 2.05) is 30.3 Å². The van der Waals surface area contributed by atoms with Crippen molar-refractivity contribution in [3.63, 3.8) is 0 Å². The van der Waals surface area contributed by atoms with Gasteiger partial charge in [0.1, 0.15) is 11.1 Å². The van der Waals surface area contributed by atoms with Crippen molar-refractivity contribution in [3.05, 3.63) is 30.3 Å². The molecule has 1 amide bonds. The molecule has 1 aromatic carbocycles. The molecule has 2 aliphatic heterocycles. The van der Waals surface area contributed by atoms with Gasteiger partial charge in [-0.2, -0.15) is 10.5 Å². The monoisotopic (exact) mass is 305 g/mol. The summed E-state index contributed by atoms with van der Waals surface area (Å²) in [5, 5.41) is 10.3. The number of benzene rings is 1. The number of aliphatic hydroxyl groups excluding tert-OH is 1. The summed E-state index contributed by atoms with van der Waals surface area (Å²) in [7, 11) is -0.296. The Hall–Kier alpha value is -1.46. The molecular weight excluding hydrogens is 286 g/mol. The van der Waals surface area contributed by atoms with Crippen LogP contribution in [0.3, 0.4) is 0 Å². The summed E-state index contributed by atoms with van der Waals surface area (Å²) in [6.07, 6.45) is 3.01. The molecule has 5 heteroatoms. The maximum atomic E-state index is 12.6. The van der Waals surface area contributed by atoms with Crippen molar-refractivity contribution in [3.8, 4) is 0 Å². The molecule has 2 heterocycles. The Morgan fingerprint density at radius 2 is 1.86 bits per heavy atom. The number of aliphatic hydroxyl groups is 1. The van der Waals surface area contributed by atoms with Crippen molar-refractivity contribution in [2.75, 3.05) is 16.4 Å². The Morgan fingerprint density at radius 3 is 2.52 bits per heavy atom. The number of carbonyl (C=O) groups excluding carboxylic acids is 2. The van der Waals surface area contributed by atoms with Gasteiger partial charge in [0.2, 0.25) is 11.7 Å². The molecule has 2 fully saturated rings. The minimum Gasteiger partial charge on any atom is -0.352 e. The summed E-state index contributed by atoms with van der Waals surface area (Å²) in [5.74, 6) is 1.52. The predicted molar refractivity (Wildman–Crippen MR) is 86.2 cm³/mol. The van der Waals surface area contributed by atoms with Crippen LogP contribution >= 0.6 is 10.5 Å². The van der Waals surface area contributed by atoms with Crippen molar-refractivity contribution >= 4 is 32.9 Å². The second-order valence-electron chi connectivity index (χ2n) is 5.43. The minimum atomic E-state index is -0.534. The van der Waals surface area contributed by atoms with Gasteiger partial charge in [-0.3, -0.25) is 9.59 Å². The highest BCUT2D eigenvalue weighted by Crippen LogP contribution is 2.30. The summed E-state index contributed by atoms with van der Waals surface area (Å²) in [5.41, 5.74) is 0.737. The molecule has 2 aliphatic rings. The lowest BCUT2D eigenvalue weighted by atomic mass is 10.1. The molecule has 1 unspecified atom stereocenters. The molecule has 1 N–H and O–H groups in total. The van der Waals surface area contributed by atoms with E-state index in [9.17, 15) is 14.7 Å². The minimum absolute atomic E-state index is 0.00753. The number of Topliss-reactive ketones (excluding diaryl/α,β-unsaturated/α-hetero) is 1. The first-order valence-corrected chi connectivity index (χ1v) is 8.89. The molecule has 0 saturated carbocycles. The Bertz CT molecular complexity index is 589. The zero-order valence-electron chi connectivity index (χ0n) is 11.8. The van der Waals surface area contributed by atoms with Crippen LogP contribution in [0.25, 0.3) is 0 Å². The summed E-state index contributed by atoms with van der Waals surface area (Å²) >= 11 is 0. The van der Waals surface area contributed by atoms with Gasteiger partial charge in [0.25, 0.3) is 0 Å². The quantitative estimate of drug-likeness (QED) is 0.873. The highest BCUT2D eigenvalue weighted by atomic mass is 32.2. The van der Waals surface area contributed by atoms with E-state index in [2.05, 4.69) is 0 Å². The van der Waals surface area contributed by atoms with Gasteiger partial charge in [-0.25, -0.2) is 0 Å². The third-order valence-electron chi connectivity index (χ3n) is 4.06. The molecule has 112 valence electrons. The Morgan fingerprint density at radius 1 is 1.19 bits per heavy atom. The van der Waals surface area contributed by atoms with Crippen LogP contribution in [-0.2, 0) is 9.59 Å². The zero-order chi connectivity index (χ0) is 14.8. The second kappa shape index (κ2) is 6.12. The highest BCUT2D eigenvalue weighted by molar-refractivity contribution is 8.16. The number of nitrogens with zero attached hydrogens (tertiary/aromatic N) is 1. The van der Waals surface area contributed by atoms with Gasteiger partial charge >= 0.3 is 0 Å². The summed E-state index contributed by atoms with van der Waals surface area (Å²) in [6.45, 7) is 0. The van der Waals surface area contributed by atoms with E-state index >= 15 is 0 Å². The Kier molecular flexibility index (Phi) is 4.22. The summed E-state index contributed by atoms with van der Waals surface area (Å²) in [6, 6.07) is 8.71. The van der Waals surface area contributed by atoms with Crippen molar-refractivity contribution in [1.82, 2.24) is 0 Å². The number of hydrogen-bond acceptors (Lipinski definition) is 2. The smallest absolute Gasteiger partial charge is 0.227 e. The van der Waals surface area contributed by atoms with Crippen molar-refractivity contribution < 1.29 is 14.7 Å². The number of rotatable bonds is 3. The van der Waals surface area contributed by atoms with E-state index < -0.39 is 6.04 Å². The number of anilines is 1. The third kappa shape index (κ3) is 2.80. The molecule has 0 aromatic heterocycles. The molecule has 0 aliphatic carbocycles. The first-order valence-electron chi connectivity index (χ1n) is 7.33. The fraction of sp³-hybridized carbons (Fsp3) is 0.438. The van der Waals surface area contributed by atoms with E-state index in [4.69, 9.17) is 0 Å². The van der Waals surface area contributed by atoms with Crippen LogP contribution in [0.15, 0.2) is 30.3 Å². The van der Waals surface area contributed by atoms with Gasteiger partial charge in [0, 0.05) is 12.1 Å². The van der Waals surface area contributed by atoms with Crippen LogP contribution in [0, 0.1) is 0 Å². The lowest BCUT2D eigenvalue weighted by Gasteiger charge is -2.24. The van der Waals surface area contributed by atoms with Crippen LogP contribution in [0.5, 0.6) is 0 Å². The SMILES string of the molecule is O=C(C(O)=S1CCCC1)C1CCC(=O)N1c1ccccc1. The van der Waals surface area contributed by atoms with Crippen molar-refractivity contribution in [2.24, 2.45) is 0 Å². The molecule has 1 aromatic rings. The average Bonchev–Trinajstić information content (AvgIpc) is 3.16. The van der Waals surface area contributed by atoms with Gasteiger partial charge in [-0.1, -0.05) is 18.2 Å². The zero-order valence-corrected chi connectivity index (χ0v) is 12.6. The van der Waals surface area contributed by atoms with E-state index in [1.54, 1.807) is 4.90 Å². The second-order valence-corrected chi connectivity index (χ2v) is 7.62. The van der Waals surface area contributed by atoms with Crippen LogP contribution < -0.4 is 4.90 Å². The van der Waals surface area contributed by atoms with Gasteiger partial charge in [-0.05, 0) is 42.9 Å². The number of hydrogen-bond donors (Lipinski definition) is 1. The van der Waals surface area contributed by atoms with Crippen molar-refractivity contribution in [2.45, 2.75) is 31.7 Å². The van der Waals surface area contributed by atoms with Crippen molar-refractivity contribution in [1.29, 1.82) is 0 Å². The van der Waals surface area contributed by atoms with Gasteiger partial charge in [0.15, 0.2) is 0 Å². The van der Waals surface area contributed by atoms with Crippen LogP contribution in [0.4, 0.5) is 5.69 Å². The molecule has 4 nitrogen and oxygen atoms in total. The average molecular weight is 305 g/mol. The highest BCUT2D eigenvalue weighted by Gasteiger charge is 2.38. The molecule has 2 saturated heterocycles. The molecule has 0 spiro atoms. The maximum Gasteiger partial charge on any atom is 0.227 e. The lowest BCUT2D eigenvalue weighted by Crippen LogP contribution is -2.42. The van der Waals surface area contributed by atoms with E-state index in [0.29, 0.717) is 12.8 Å². The van der Waals surface area contributed by atoms with Gasteiger partial charge in [0.05, 0.1) is 0 Å². The molecule has 21 heavy (non-hydrogen) atoms. The largest absolute Gasteiger partial charge is 0.352 e. The van der Waals surface area contributed by atoms with Gasteiger partial charge < -0.3 is 10.0 Å². The molecular formula is C16H19NO3S. The Balaban J connectivity index is 1.88. The normalized spacial score (nSPS) is 22.8. The van der Waals surface area contributed by atoms with E-state index in [1.165, 1.54) is 0 Å². The van der Waals surface area contributed by atoms with Gasteiger partial charge in [-0.15, -0.1) is 0 Å². The Labute approximate surface area is 126 Å². The van der Waals surface area contributed by atoms with Crippen LogP contribution in [-0.4, -0.2) is 39.4 Å². The summed E-state index contributed by atoms with van der Waals surface area (Å²) in [4.78, 5) is 26.3.